The molecule has 6 heteroatoms. The van der Waals surface area contributed by atoms with Crippen LogP contribution in [0.25, 0.3) is 21.5 Å². The van der Waals surface area contributed by atoms with Gasteiger partial charge in [0.05, 0.1) is 6.61 Å². The Morgan fingerprint density at radius 3 is 1.57 bits per heavy atom. The maximum absolute atomic E-state index is 12.0. The molecule has 4 rings (SSSR count). The molecule has 0 unspecified atom stereocenters. The van der Waals surface area contributed by atoms with Gasteiger partial charge in [-0.15, -0.1) is 0 Å². The van der Waals surface area contributed by atoms with E-state index in [4.69, 9.17) is 18.0 Å². The number of ether oxygens (including phenoxy) is 1. The third-order valence-corrected chi connectivity index (χ3v) is 11.4. The van der Waals surface area contributed by atoms with E-state index in [1.807, 2.05) is 93.6 Å². The van der Waals surface area contributed by atoms with E-state index < -0.39 is 8.80 Å². The predicted octanol–water partition coefficient (Wildman–Crippen LogP) is 10.1. The second kappa shape index (κ2) is 19.2. The van der Waals surface area contributed by atoms with Crippen molar-refractivity contribution in [2.45, 2.75) is 84.6 Å². The van der Waals surface area contributed by atoms with Gasteiger partial charge in [-0.3, -0.25) is 4.79 Å². The van der Waals surface area contributed by atoms with Crippen molar-refractivity contribution in [2.24, 2.45) is 0 Å². The van der Waals surface area contributed by atoms with Gasteiger partial charge in [-0.25, -0.2) is 0 Å². The number of rotatable bonds is 20. The standard InChI is InChI=1S/C40H50O5Si/c1-4-43-46(44-5-2,45-6-3)31-19-13-11-9-7-8-10-12-18-30-42-34-27-24-33(25-28-34)26-29-39-35-20-14-16-22-37(35)40(32-41)38-23-17-15-21-36(38)39/h14-17,20-25,27-28,32H,4-13,18-19,30-31H2,1-3H3. The van der Waals surface area contributed by atoms with Gasteiger partial charge in [-0.05, 0) is 79.4 Å². The van der Waals surface area contributed by atoms with E-state index in [1.165, 1.54) is 44.9 Å². The zero-order chi connectivity index (χ0) is 32.5. The highest BCUT2D eigenvalue weighted by Gasteiger charge is 2.39. The van der Waals surface area contributed by atoms with E-state index in [2.05, 4.69) is 11.8 Å². The quantitative estimate of drug-likeness (QED) is 0.0317. The topological polar surface area (TPSA) is 54.0 Å². The molecule has 0 atom stereocenters. The van der Waals surface area contributed by atoms with Crippen molar-refractivity contribution in [1.29, 1.82) is 0 Å². The highest BCUT2D eigenvalue weighted by Crippen LogP contribution is 2.31. The van der Waals surface area contributed by atoms with Gasteiger partial charge in [0, 0.05) is 42.6 Å². The van der Waals surface area contributed by atoms with Crippen LogP contribution in [0.1, 0.15) is 100 Å². The minimum absolute atomic E-state index is 0.649. The lowest BCUT2D eigenvalue weighted by Crippen LogP contribution is -2.45. The van der Waals surface area contributed by atoms with Crippen LogP contribution in [-0.2, 0) is 13.3 Å². The molecule has 0 bridgehead atoms. The lowest BCUT2D eigenvalue weighted by atomic mass is 9.92. The summed E-state index contributed by atoms with van der Waals surface area (Å²) in [5.74, 6) is 7.62. The van der Waals surface area contributed by atoms with Gasteiger partial charge in [-0.2, -0.15) is 0 Å². The highest BCUT2D eigenvalue weighted by atomic mass is 28.4. The average molecular weight is 639 g/mol. The van der Waals surface area contributed by atoms with Gasteiger partial charge in [0.25, 0.3) is 0 Å². The van der Waals surface area contributed by atoms with E-state index in [1.54, 1.807) is 0 Å². The molecule has 4 aromatic carbocycles. The van der Waals surface area contributed by atoms with Crippen molar-refractivity contribution in [1.82, 2.24) is 0 Å². The molecule has 0 spiro atoms. The maximum atomic E-state index is 12.0. The Bertz CT molecular complexity index is 1500. The van der Waals surface area contributed by atoms with Crippen molar-refractivity contribution in [2.75, 3.05) is 26.4 Å². The molecule has 0 aliphatic rings. The zero-order valence-electron chi connectivity index (χ0n) is 27.9. The van der Waals surface area contributed by atoms with E-state index >= 15 is 0 Å². The number of carbonyl (C=O) groups excluding carboxylic acids is 1. The molecule has 244 valence electrons. The summed E-state index contributed by atoms with van der Waals surface area (Å²) >= 11 is 0. The number of hydrogen-bond acceptors (Lipinski definition) is 5. The summed E-state index contributed by atoms with van der Waals surface area (Å²) in [6.07, 6.45) is 11.9. The second-order valence-corrected chi connectivity index (χ2v) is 14.3. The third-order valence-electron chi connectivity index (χ3n) is 8.27. The van der Waals surface area contributed by atoms with Crippen molar-refractivity contribution in [3.63, 3.8) is 0 Å². The molecule has 0 aliphatic heterocycles. The summed E-state index contributed by atoms with van der Waals surface area (Å²) in [5.41, 5.74) is 2.59. The van der Waals surface area contributed by atoms with Gasteiger partial charge in [0.15, 0.2) is 6.29 Å². The van der Waals surface area contributed by atoms with Crippen LogP contribution in [0.3, 0.4) is 0 Å². The van der Waals surface area contributed by atoms with Crippen molar-refractivity contribution < 1.29 is 22.8 Å². The Kier molecular flexibility index (Phi) is 14.8. The summed E-state index contributed by atoms with van der Waals surface area (Å²) < 4.78 is 23.9. The summed E-state index contributed by atoms with van der Waals surface area (Å²) in [6, 6.07) is 24.9. The summed E-state index contributed by atoms with van der Waals surface area (Å²) in [6.45, 7) is 8.73. The smallest absolute Gasteiger partial charge is 0.494 e. The van der Waals surface area contributed by atoms with Gasteiger partial charge in [0.2, 0.25) is 0 Å². The molecule has 4 aromatic rings. The van der Waals surface area contributed by atoms with E-state index in [0.29, 0.717) is 25.4 Å². The molecular weight excluding hydrogens is 589 g/mol. The van der Waals surface area contributed by atoms with Crippen molar-refractivity contribution >= 4 is 36.6 Å². The van der Waals surface area contributed by atoms with Crippen LogP contribution in [0.15, 0.2) is 72.8 Å². The fourth-order valence-electron chi connectivity index (χ4n) is 6.07. The molecule has 0 aliphatic carbocycles. The highest BCUT2D eigenvalue weighted by molar-refractivity contribution is 6.60. The Balaban J connectivity index is 1.15. The molecule has 0 N–H and O–H groups in total. The maximum Gasteiger partial charge on any atom is 0.500 e. The molecule has 46 heavy (non-hydrogen) atoms. The SMILES string of the molecule is CCO[Si](CCCCCCCCCCCOc1ccc(C#Cc2c3ccccc3c(C=O)c3ccccc23)cc1)(OCC)OCC. The fraction of sp³-hybridized carbons (Fsp3) is 0.425. The number of carbonyl (C=O) groups is 1. The van der Waals surface area contributed by atoms with Crippen LogP contribution >= 0.6 is 0 Å². The summed E-state index contributed by atoms with van der Waals surface area (Å²) in [7, 11) is -2.48. The number of unbranched alkanes of at least 4 members (excludes halogenated alkanes) is 8. The second-order valence-electron chi connectivity index (χ2n) is 11.5. The number of fused-ring (bicyclic) bond motifs is 2. The first kappa shape index (κ1) is 35.4. The van der Waals surface area contributed by atoms with Crippen LogP contribution in [-0.4, -0.2) is 41.5 Å². The molecule has 0 aromatic heterocycles. The average Bonchev–Trinajstić information content (AvgIpc) is 3.08. The molecule has 0 saturated carbocycles. The Morgan fingerprint density at radius 2 is 1.07 bits per heavy atom. The number of benzene rings is 4. The Labute approximate surface area is 277 Å². The van der Waals surface area contributed by atoms with Crippen LogP contribution < -0.4 is 4.74 Å². The van der Waals surface area contributed by atoms with Crippen LogP contribution in [0.4, 0.5) is 0 Å². The minimum Gasteiger partial charge on any atom is -0.494 e. The molecule has 0 heterocycles. The molecule has 0 radical (unpaired) electrons. The van der Waals surface area contributed by atoms with Crippen molar-refractivity contribution in [3.8, 4) is 17.6 Å². The van der Waals surface area contributed by atoms with E-state index in [0.717, 1.165) is 70.2 Å². The first-order valence-electron chi connectivity index (χ1n) is 17.2. The molecular formula is C40H50O5Si. The van der Waals surface area contributed by atoms with Gasteiger partial charge in [-0.1, -0.05) is 105 Å². The van der Waals surface area contributed by atoms with Crippen molar-refractivity contribution in [3.05, 3.63) is 89.5 Å². The lowest BCUT2D eigenvalue weighted by molar-refractivity contribution is 0.0706. The van der Waals surface area contributed by atoms with Gasteiger partial charge in [0.1, 0.15) is 5.75 Å². The molecule has 0 amide bonds. The molecule has 0 fully saturated rings. The minimum atomic E-state index is -2.48. The zero-order valence-corrected chi connectivity index (χ0v) is 28.9. The normalized spacial score (nSPS) is 11.5. The third kappa shape index (κ3) is 10.0. The van der Waals surface area contributed by atoms with Crippen LogP contribution in [0.2, 0.25) is 6.04 Å². The van der Waals surface area contributed by atoms with Crippen LogP contribution in [0.5, 0.6) is 5.75 Å². The van der Waals surface area contributed by atoms with Gasteiger partial charge >= 0.3 is 8.80 Å². The monoisotopic (exact) mass is 638 g/mol. The largest absolute Gasteiger partial charge is 0.500 e. The predicted molar refractivity (Wildman–Crippen MR) is 192 cm³/mol. The molecule has 0 saturated heterocycles. The number of aldehydes is 1. The van der Waals surface area contributed by atoms with E-state index in [-0.39, 0.29) is 0 Å². The Hall–Kier alpha value is -3.47. The van der Waals surface area contributed by atoms with Crippen LogP contribution in [0, 0.1) is 11.8 Å². The first-order chi connectivity index (χ1) is 22.6. The fourth-order valence-corrected chi connectivity index (χ4v) is 8.75. The molecule has 5 nitrogen and oxygen atoms in total. The lowest BCUT2D eigenvalue weighted by Gasteiger charge is -2.28. The number of hydrogen-bond donors (Lipinski definition) is 0. The summed E-state index contributed by atoms with van der Waals surface area (Å²) in [4.78, 5) is 12.0. The van der Waals surface area contributed by atoms with Gasteiger partial charge < -0.3 is 18.0 Å². The first-order valence-corrected chi connectivity index (χ1v) is 19.1. The summed E-state index contributed by atoms with van der Waals surface area (Å²) in [5, 5.41) is 3.86. The Morgan fingerprint density at radius 1 is 0.587 bits per heavy atom. The van der Waals surface area contributed by atoms with E-state index in [9.17, 15) is 4.79 Å².